The van der Waals surface area contributed by atoms with Crippen molar-refractivity contribution in [2.24, 2.45) is 0 Å². The van der Waals surface area contributed by atoms with Crippen LogP contribution in [-0.2, 0) is 13.1 Å². The SMILES string of the molecule is CCCN(Cc1ccccc1)C(=S)NCc1ccc(OC)cc1. The fourth-order valence-corrected chi connectivity index (χ4v) is 2.59. The van der Waals surface area contributed by atoms with Gasteiger partial charge < -0.3 is 15.0 Å². The van der Waals surface area contributed by atoms with Gasteiger partial charge in [0, 0.05) is 19.6 Å². The number of methoxy groups -OCH3 is 1. The molecule has 0 bridgehead atoms. The van der Waals surface area contributed by atoms with Crippen LogP contribution in [0.5, 0.6) is 5.75 Å². The Bertz CT molecular complexity index is 599. The van der Waals surface area contributed by atoms with E-state index in [1.54, 1.807) is 7.11 Å². The van der Waals surface area contributed by atoms with Gasteiger partial charge in [-0.05, 0) is 41.9 Å². The second kappa shape index (κ2) is 9.16. The molecule has 0 fully saturated rings. The molecule has 2 aromatic rings. The van der Waals surface area contributed by atoms with Gasteiger partial charge in [0.25, 0.3) is 0 Å². The predicted molar refractivity (Wildman–Crippen MR) is 99.6 cm³/mol. The second-order valence-electron chi connectivity index (χ2n) is 5.41. The van der Waals surface area contributed by atoms with Crippen LogP contribution in [0, 0.1) is 0 Å². The van der Waals surface area contributed by atoms with Gasteiger partial charge >= 0.3 is 0 Å². The average molecular weight is 328 g/mol. The van der Waals surface area contributed by atoms with Crippen molar-refractivity contribution in [3.63, 3.8) is 0 Å². The third-order valence-electron chi connectivity index (χ3n) is 3.60. The molecule has 2 rings (SSSR count). The first-order chi connectivity index (χ1) is 11.2. The summed E-state index contributed by atoms with van der Waals surface area (Å²) in [5.74, 6) is 0.869. The molecule has 23 heavy (non-hydrogen) atoms. The molecule has 0 aliphatic heterocycles. The fraction of sp³-hybridized carbons (Fsp3) is 0.316. The molecule has 4 heteroatoms. The molecule has 2 aromatic carbocycles. The summed E-state index contributed by atoms with van der Waals surface area (Å²) in [7, 11) is 1.68. The van der Waals surface area contributed by atoms with Crippen LogP contribution >= 0.6 is 12.2 Å². The van der Waals surface area contributed by atoms with Crippen molar-refractivity contribution in [3.05, 3.63) is 65.7 Å². The van der Waals surface area contributed by atoms with Crippen LogP contribution < -0.4 is 10.1 Å². The van der Waals surface area contributed by atoms with Crippen molar-refractivity contribution in [2.45, 2.75) is 26.4 Å². The van der Waals surface area contributed by atoms with E-state index >= 15 is 0 Å². The van der Waals surface area contributed by atoms with Crippen molar-refractivity contribution >= 4 is 17.3 Å². The molecule has 0 amide bonds. The quantitative estimate of drug-likeness (QED) is 0.777. The molecule has 0 aromatic heterocycles. The highest BCUT2D eigenvalue weighted by atomic mass is 32.1. The highest BCUT2D eigenvalue weighted by Gasteiger charge is 2.09. The molecule has 0 saturated heterocycles. The molecule has 0 atom stereocenters. The van der Waals surface area contributed by atoms with Crippen LogP contribution in [-0.4, -0.2) is 23.7 Å². The molecule has 0 aliphatic rings. The van der Waals surface area contributed by atoms with E-state index in [9.17, 15) is 0 Å². The number of benzene rings is 2. The zero-order valence-electron chi connectivity index (χ0n) is 13.8. The van der Waals surface area contributed by atoms with Crippen LogP contribution in [0.1, 0.15) is 24.5 Å². The first-order valence-corrected chi connectivity index (χ1v) is 8.33. The maximum Gasteiger partial charge on any atom is 0.169 e. The van der Waals surface area contributed by atoms with E-state index in [-0.39, 0.29) is 0 Å². The van der Waals surface area contributed by atoms with Gasteiger partial charge in [-0.3, -0.25) is 0 Å². The Morgan fingerprint density at radius 3 is 2.35 bits per heavy atom. The van der Waals surface area contributed by atoms with Gasteiger partial charge in [-0.15, -0.1) is 0 Å². The van der Waals surface area contributed by atoms with Crippen LogP contribution in [0.3, 0.4) is 0 Å². The molecule has 3 nitrogen and oxygen atoms in total. The average Bonchev–Trinajstić information content (AvgIpc) is 2.60. The summed E-state index contributed by atoms with van der Waals surface area (Å²) in [6.07, 6.45) is 1.07. The summed E-state index contributed by atoms with van der Waals surface area (Å²) in [5, 5.41) is 4.16. The fourth-order valence-electron chi connectivity index (χ4n) is 2.36. The van der Waals surface area contributed by atoms with Gasteiger partial charge in [0.2, 0.25) is 0 Å². The summed E-state index contributed by atoms with van der Waals surface area (Å²) < 4.78 is 5.18. The minimum atomic E-state index is 0.720. The number of nitrogens with zero attached hydrogens (tertiary/aromatic N) is 1. The van der Waals surface area contributed by atoms with Crippen molar-refractivity contribution in [1.29, 1.82) is 0 Å². The third kappa shape index (κ3) is 5.57. The summed E-state index contributed by atoms with van der Waals surface area (Å²) in [4.78, 5) is 2.22. The minimum Gasteiger partial charge on any atom is -0.497 e. The molecular weight excluding hydrogens is 304 g/mol. The summed E-state index contributed by atoms with van der Waals surface area (Å²) >= 11 is 5.58. The van der Waals surface area contributed by atoms with E-state index in [4.69, 9.17) is 17.0 Å². The maximum atomic E-state index is 5.58. The summed E-state index contributed by atoms with van der Waals surface area (Å²) in [6.45, 7) is 4.67. The van der Waals surface area contributed by atoms with Gasteiger partial charge in [0.05, 0.1) is 7.11 Å². The Labute approximate surface area is 144 Å². The van der Waals surface area contributed by atoms with Gasteiger partial charge in [-0.25, -0.2) is 0 Å². The van der Waals surface area contributed by atoms with Crippen LogP contribution in [0.4, 0.5) is 0 Å². The minimum absolute atomic E-state index is 0.720. The lowest BCUT2D eigenvalue weighted by molar-refractivity contribution is 0.404. The van der Waals surface area contributed by atoms with E-state index in [0.29, 0.717) is 0 Å². The van der Waals surface area contributed by atoms with Crippen LogP contribution in [0.2, 0.25) is 0 Å². The van der Waals surface area contributed by atoms with Crippen molar-refractivity contribution < 1.29 is 4.74 Å². The lowest BCUT2D eigenvalue weighted by Gasteiger charge is -2.25. The predicted octanol–water partition coefficient (Wildman–Crippen LogP) is 3.98. The van der Waals surface area contributed by atoms with Crippen LogP contribution in [0.25, 0.3) is 0 Å². The van der Waals surface area contributed by atoms with Crippen molar-refractivity contribution in [3.8, 4) is 5.75 Å². The Morgan fingerprint density at radius 2 is 1.74 bits per heavy atom. The summed E-state index contributed by atoms with van der Waals surface area (Å²) in [6, 6.07) is 18.5. The number of ether oxygens (including phenoxy) is 1. The van der Waals surface area contributed by atoms with E-state index in [0.717, 1.165) is 36.9 Å². The molecule has 0 saturated carbocycles. The smallest absolute Gasteiger partial charge is 0.169 e. The maximum absolute atomic E-state index is 5.58. The molecule has 0 heterocycles. The lowest BCUT2D eigenvalue weighted by atomic mass is 10.2. The van der Waals surface area contributed by atoms with E-state index in [1.165, 1.54) is 11.1 Å². The molecule has 122 valence electrons. The Kier molecular flexibility index (Phi) is 6.88. The zero-order valence-corrected chi connectivity index (χ0v) is 14.6. The Morgan fingerprint density at radius 1 is 1.04 bits per heavy atom. The molecule has 0 aliphatic carbocycles. The number of thiocarbonyl (C=S) groups is 1. The first-order valence-electron chi connectivity index (χ1n) is 7.92. The third-order valence-corrected chi connectivity index (χ3v) is 4.00. The highest BCUT2D eigenvalue weighted by molar-refractivity contribution is 7.80. The van der Waals surface area contributed by atoms with Crippen molar-refractivity contribution in [2.75, 3.05) is 13.7 Å². The topological polar surface area (TPSA) is 24.5 Å². The zero-order chi connectivity index (χ0) is 16.5. The van der Waals surface area contributed by atoms with Gasteiger partial charge in [-0.1, -0.05) is 49.4 Å². The molecule has 0 unspecified atom stereocenters. The molecular formula is C19H24N2OS. The lowest BCUT2D eigenvalue weighted by Crippen LogP contribution is -2.39. The number of rotatable bonds is 7. The van der Waals surface area contributed by atoms with Gasteiger partial charge in [0.15, 0.2) is 5.11 Å². The highest BCUT2D eigenvalue weighted by Crippen LogP contribution is 2.11. The molecule has 0 radical (unpaired) electrons. The van der Waals surface area contributed by atoms with Crippen molar-refractivity contribution in [1.82, 2.24) is 10.2 Å². The normalized spacial score (nSPS) is 10.2. The van der Waals surface area contributed by atoms with Crippen LogP contribution in [0.15, 0.2) is 54.6 Å². The standard InChI is InChI=1S/C19H24N2OS/c1-3-13-21(15-17-7-5-4-6-8-17)19(23)20-14-16-9-11-18(22-2)12-10-16/h4-12H,3,13-15H2,1-2H3,(H,20,23). The summed E-state index contributed by atoms with van der Waals surface area (Å²) in [5.41, 5.74) is 2.46. The molecule has 1 N–H and O–H groups in total. The monoisotopic (exact) mass is 328 g/mol. The van der Waals surface area contributed by atoms with E-state index in [1.807, 2.05) is 18.2 Å². The van der Waals surface area contributed by atoms with Gasteiger partial charge in [-0.2, -0.15) is 0 Å². The number of hydrogen-bond acceptors (Lipinski definition) is 2. The van der Waals surface area contributed by atoms with E-state index in [2.05, 4.69) is 53.5 Å². The Hall–Kier alpha value is -2.07. The van der Waals surface area contributed by atoms with E-state index < -0.39 is 0 Å². The number of hydrogen-bond donors (Lipinski definition) is 1. The Balaban J connectivity index is 1.92. The molecule has 0 spiro atoms. The number of nitrogens with one attached hydrogen (secondary N) is 1. The largest absolute Gasteiger partial charge is 0.497 e. The second-order valence-corrected chi connectivity index (χ2v) is 5.80. The first kappa shape index (κ1) is 17.3. The van der Waals surface area contributed by atoms with Gasteiger partial charge in [0.1, 0.15) is 5.75 Å².